The number of hydrogen-bond donors (Lipinski definition) is 1. The zero-order chi connectivity index (χ0) is 14.4. The van der Waals surface area contributed by atoms with E-state index in [1.807, 2.05) is 0 Å². The Kier molecular flexibility index (Phi) is 3.15. The molecule has 0 aliphatic heterocycles. The van der Waals surface area contributed by atoms with Crippen molar-refractivity contribution in [3.8, 4) is 10.8 Å². The number of nitrogens with zero attached hydrogens (tertiary/aromatic N) is 2. The molecule has 0 saturated heterocycles. The molecule has 2 aliphatic carbocycles. The van der Waals surface area contributed by atoms with Gasteiger partial charge in [-0.15, -0.1) is 11.3 Å². The van der Waals surface area contributed by atoms with E-state index < -0.39 is 5.54 Å². The van der Waals surface area contributed by atoms with Gasteiger partial charge in [0, 0.05) is 4.88 Å². The molecule has 2 aromatic rings. The Bertz CT molecular complexity index is 641. The van der Waals surface area contributed by atoms with Gasteiger partial charge in [-0.1, -0.05) is 24.9 Å². The molecular weight excluding hydrogens is 282 g/mol. The smallest absolute Gasteiger partial charge is 0.268 e. The van der Waals surface area contributed by atoms with Gasteiger partial charge < -0.3 is 10.3 Å². The first-order valence-corrected chi connectivity index (χ1v) is 8.71. The monoisotopic (exact) mass is 303 g/mol. The molecular formula is C16H21N3OS. The van der Waals surface area contributed by atoms with Crippen LogP contribution >= 0.6 is 11.3 Å². The minimum atomic E-state index is -0.403. The summed E-state index contributed by atoms with van der Waals surface area (Å²) in [5.74, 6) is 1.97. The molecule has 0 amide bonds. The molecule has 2 aliphatic rings. The first-order chi connectivity index (χ1) is 10.1. The van der Waals surface area contributed by atoms with Crippen molar-refractivity contribution in [3.63, 3.8) is 0 Å². The van der Waals surface area contributed by atoms with Crippen molar-refractivity contribution in [2.75, 3.05) is 0 Å². The third kappa shape index (κ3) is 2.32. The minimum absolute atomic E-state index is 0.403. The maximum Gasteiger partial charge on any atom is 0.268 e. The van der Waals surface area contributed by atoms with Crippen LogP contribution in [0.25, 0.3) is 10.8 Å². The Morgan fingerprint density at radius 3 is 3.10 bits per heavy atom. The van der Waals surface area contributed by atoms with Gasteiger partial charge in [0.25, 0.3) is 5.89 Å². The molecule has 2 N–H and O–H groups in total. The van der Waals surface area contributed by atoms with E-state index in [1.54, 1.807) is 11.3 Å². The molecule has 2 heterocycles. The highest BCUT2D eigenvalue weighted by Crippen LogP contribution is 2.39. The molecule has 1 saturated carbocycles. The Morgan fingerprint density at radius 1 is 1.38 bits per heavy atom. The normalized spacial score (nSPS) is 28.8. The lowest BCUT2D eigenvalue weighted by molar-refractivity contribution is 0.222. The average Bonchev–Trinajstić information content (AvgIpc) is 3.13. The summed E-state index contributed by atoms with van der Waals surface area (Å²) >= 11 is 1.80. The predicted molar refractivity (Wildman–Crippen MR) is 83.1 cm³/mol. The molecule has 4 rings (SSSR count). The van der Waals surface area contributed by atoms with Crippen molar-refractivity contribution in [2.45, 2.75) is 57.4 Å². The summed E-state index contributed by atoms with van der Waals surface area (Å²) in [5, 5.41) is 4.20. The summed E-state index contributed by atoms with van der Waals surface area (Å²) in [7, 11) is 0. The summed E-state index contributed by atoms with van der Waals surface area (Å²) in [6.07, 6.45) is 7.96. The van der Waals surface area contributed by atoms with Crippen LogP contribution in [0.2, 0.25) is 0 Å². The lowest BCUT2D eigenvalue weighted by atomic mass is 9.76. The minimum Gasteiger partial charge on any atom is -0.333 e. The van der Waals surface area contributed by atoms with Gasteiger partial charge >= 0.3 is 0 Å². The molecule has 4 nitrogen and oxygen atoms in total. The van der Waals surface area contributed by atoms with Crippen molar-refractivity contribution in [2.24, 2.45) is 11.7 Å². The van der Waals surface area contributed by atoms with Crippen molar-refractivity contribution in [1.82, 2.24) is 10.1 Å². The van der Waals surface area contributed by atoms with Crippen LogP contribution in [0, 0.1) is 5.92 Å². The van der Waals surface area contributed by atoms with Crippen LogP contribution in [0.1, 0.15) is 55.3 Å². The van der Waals surface area contributed by atoms with E-state index in [-0.39, 0.29) is 0 Å². The molecule has 21 heavy (non-hydrogen) atoms. The van der Waals surface area contributed by atoms with Gasteiger partial charge in [0.1, 0.15) is 0 Å². The maximum absolute atomic E-state index is 6.55. The Hall–Kier alpha value is -1.20. The highest BCUT2D eigenvalue weighted by atomic mass is 32.1. The van der Waals surface area contributed by atoms with E-state index in [9.17, 15) is 0 Å². The first kappa shape index (κ1) is 13.5. The summed E-state index contributed by atoms with van der Waals surface area (Å²) in [4.78, 5) is 7.22. The van der Waals surface area contributed by atoms with Crippen LogP contribution < -0.4 is 5.73 Å². The number of aryl methyl sites for hydroxylation is 2. The lowest BCUT2D eigenvalue weighted by Crippen LogP contribution is -2.42. The lowest BCUT2D eigenvalue weighted by Gasteiger charge is -2.33. The van der Waals surface area contributed by atoms with Gasteiger partial charge in [0.05, 0.1) is 10.4 Å². The fraction of sp³-hybridized carbons (Fsp3) is 0.625. The molecule has 1 fully saturated rings. The van der Waals surface area contributed by atoms with Crippen LogP contribution in [-0.4, -0.2) is 10.1 Å². The second-order valence-electron chi connectivity index (χ2n) is 6.69. The van der Waals surface area contributed by atoms with Gasteiger partial charge in [-0.2, -0.15) is 4.98 Å². The third-order valence-electron chi connectivity index (χ3n) is 4.86. The summed E-state index contributed by atoms with van der Waals surface area (Å²) < 4.78 is 5.51. The van der Waals surface area contributed by atoms with E-state index in [2.05, 4.69) is 23.1 Å². The largest absolute Gasteiger partial charge is 0.333 e. The quantitative estimate of drug-likeness (QED) is 0.919. The molecule has 2 aromatic heterocycles. The molecule has 0 radical (unpaired) electrons. The molecule has 2 unspecified atom stereocenters. The Morgan fingerprint density at radius 2 is 2.29 bits per heavy atom. The highest BCUT2D eigenvalue weighted by molar-refractivity contribution is 7.15. The topological polar surface area (TPSA) is 64.9 Å². The second kappa shape index (κ2) is 4.92. The summed E-state index contributed by atoms with van der Waals surface area (Å²) in [5.41, 5.74) is 7.61. The molecule has 0 bridgehead atoms. The van der Waals surface area contributed by atoms with E-state index in [0.717, 1.165) is 24.1 Å². The zero-order valence-electron chi connectivity index (χ0n) is 12.4. The number of thiophene rings is 1. The molecule has 0 spiro atoms. The van der Waals surface area contributed by atoms with Gasteiger partial charge in [-0.3, -0.25) is 0 Å². The molecule has 2 atom stereocenters. The highest BCUT2D eigenvalue weighted by Gasteiger charge is 2.37. The number of hydrogen-bond acceptors (Lipinski definition) is 5. The maximum atomic E-state index is 6.55. The van der Waals surface area contributed by atoms with Gasteiger partial charge in [0.2, 0.25) is 0 Å². The fourth-order valence-electron chi connectivity index (χ4n) is 3.76. The molecule has 5 heteroatoms. The number of nitrogens with two attached hydrogens (primary N) is 1. The van der Waals surface area contributed by atoms with E-state index in [4.69, 9.17) is 10.3 Å². The van der Waals surface area contributed by atoms with Gasteiger partial charge in [0.15, 0.2) is 5.82 Å². The fourth-order valence-corrected chi connectivity index (χ4v) is 4.93. The van der Waals surface area contributed by atoms with E-state index in [1.165, 1.54) is 36.1 Å². The van der Waals surface area contributed by atoms with Crippen LogP contribution in [0.4, 0.5) is 0 Å². The van der Waals surface area contributed by atoms with Crippen molar-refractivity contribution < 1.29 is 4.52 Å². The summed E-state index contributed by atoms with van der Waals surface area (Å²) in [6.45, 7) is 2.26. The van der Waals surface area contributed by atoms with E-state index >= 15 is 0 Å². The van der Waals surface area contributed by atoms with Crippen LogP contribution in [0.15, 0.2) is 10.6 Å². The van der Waals surface area contributed by atoms with Crippen LogP contribution in [0.5, 0.6) is 0 Å². The Labute approximate surface area is 128 Å². The number of fused-ring (bicyclic) bond motifs is 1. The number of rotatable bonds is 2. The average molecular weight is 303 g/mol. The summed E-state index contributed by atoms with van der Waals surface area (Å²) in [6, 6.07) is 2.22. The predicted octanol–water partition coefficient (Wildman–Crippen LogP) is 3.65. The number of aromatic nitrogens is 2. The second-order valence-corrected chi connectivity index (χ2v) is 7.83. The Balaban J connectivity index is 1.63. The van der Waals surface area contributed by atoms with Gasteiger partial charge in [-0.25, -0.2) is 0 Å². The first-order valence-electron chi connectivity index (χ1n) is 7.89. The molecule has 0 aromatic carbocycles. The van der Waals surface area contributed by atoms with Crippen molar-refractivity contribution in [3.05, 3.63) is 22.3 Å². The third-order valence-corrected chi connectivity index (χ3v) is 6.09. The van der Waals surface area contributed by atoms with Gasteiger partial charge in [-0.05, 0) is 49.7 Å². The SMILES string of the molecule is CC1CCCC(N)(c2noc(-c3cc4c(s3)CCC4)n2)C1. The zero-order valence-corrected chi connectivity index (χ0v) is 13.2. The van der Waals surface area contributed by atoms with Crippen LogP contribution in [-0.2, 0) is 18.4 Å². The molecule has 112 valence electrons. The van der Waals surface area contributed by atoms with Crippen molar-refractivity contribution >= 4 is 11.3 Å². The van der Waals surface area contributed by atoms with E-state index in [0.29, 0.717) is 17.6 Å². The van der Waals surface area contributed by atoms with Crippen LogP contribution in [0.3, 0.4) is 0 Å². The standard InChI is InChI=1S/C16H21N3OS/c1-10-4-3-7-16(17,9-10)15-18-14(20-19-15)13-8-11-5-2-6-12(11)21-13/h8,10H,2-7,9,17H2,1H3. The van der Waals surface area contributed by atoms with Crippen molar-refractivity contribution in [1.29, 1.82) is 0 Å².